The Labute approximate surface area is 135 Å². The number of carbonyl (C=O) groups excluding carboxylic acids is 1. The summed E-state index contributed by atoms with van der Waals surface area (Å²) < 4.78 is 24.2. The number of aryl methyl sites for hydroxylation is 1. The first-order valence-electron chi connectivity index (χ1n) is 7.73. The van der Waals surface area contributed by atoms with Crippen molar-refractivity contribution in [3.8, 4) is 11.6 Å². The Hall–Kier alpha value is -2.43. The molecule has 0 aliphatic heterocycles. The molecule has 0 amide bonds. The summed E-state index contributed by atoms with van der Waals surface area (Å²) in [5.74, 6) is -0.976. The van der Waals surface area contributed by atoms with E-state index in [4.69, 9.17) is 9.47 Å². The molecule has 0 atom stereocenters. The van der Waals surface area contributed by atoms with E-state index >= 15 is 0 Å². The summed E-state index contributed by atoms with van der Waals surface area (Å²) in [7, 11) is 0. The Kier molecular flexibility index (Phi) is 6.09. The fraction of sp³-hybridized carbons (Fsp3) is 0.333. The molecule has 0 saturated heterocycles. The van der Waals surface area contributed by atoms with E-state index < -0.39 is 11.8 Å². The number of hydrogen-bond acceptors (Lipinski definition) is 4. The van der Waals surface area contributed by atoms with Gasteiger partial charge in [-0.25, -0.2) is 14.2 Å². The number of nitrogens with zero attached hydrogens (tertiary/aromatic N) is 1. The van der Waals surface area contributed by atoms with Crippen LogP contribution in [-0.2, 0) is 11.2 Å². The molecular weight excluding hydrogens is 297 g/mol. The average molecular weight is 317 g/mol. The third-order valence-electron chi connectivity index (χ3n) is 3.28. The zero-order valence-corrected chi connectivity index (χ0v) is 13.3. The van der Waals surface area contributed by atoms with Gasteiger partial charge in [0.1, 0.15) is 5.75 Å². The second-order valence-corrected chi connectivity index (χ2v) is 5.08. The van der Waals surface area contributed by atoms with Gasteiger partial charge in [0, 0.05) is 6.20 Å². The van der Waals surface area contributed by atoms with E-state index in [1.807, 2.05) is 12.1 Å². The number of benzene rings is 1. The molecule has 0 aliphatic rings. The molecule has 0 spiro atoms. The van der Waals surface area contributed by atoms with Crippen LogP contribution in [0.15, 0.2) is 36.5 Å². The summed E-state index contributed by atoms with van der Waals surface area (Å²) in [6.45, 7) is 4.05. The van der Waals surface area contributed by atoms with E-state index in [9.17, 15) is 9.18 Å². The minimum Gasteiger partial charge on any atom is -0.462 e. The van der Waals surface area contributed by atoms with Gasteiger partial charge in [0.15, 0.2) is 5.82 Å². The minimum absolute atomic E-state index is 0.0617. The number of ether oxygens (including phenoxy) is 2. The molecule has 0 saturated carbocycles. The Bertz CT molecular complexity index is 656. The fourth-order valence-corrected chi connectivity index (χ4v) is 2.04. The van der Waals surface area contributed by atoms with Crippen molar-refractivity contribution in [2.45, 2.75) is 33.1 Å². The summed E-state index contributed by atoms with van der Waals surface area (Å²) in [6, 6.07) is 8.54. The molecule has 2 aromatic rings. The van der Waals surface area contributed by atoms with Crippen LogP contribution >= 0.6 is 0 Å². The maximum Gasteiger partial charge on any atom is 0.339 e. The van der Waals surface area contributed by atoms with E-state index in [-0.39, 0.29) is 18.1 Å². The largest absolute Gasteiger partial charge is 0.462 e. The minimum atomic E-state index is -0.703. The number of halogens is 1. The van der Waals surface area contributed by atoms with E-state index in [1.54, 1.807) is 19.1 Å². The van der Waals surface area contributed by atoms with Crippen LogP contribution in [0.25, 0.3) is 0 Å². The highest BCUT2D eigenvalue weighted by Crippen LogP contribution is 2.23. The first-order chi connectivity index (χ1) is 11.1. The molecule has 4 nitrogen and oxygen atoms in total. The molecule has 0 unspecified atom stereocenters. The Morgan fingerprint density at radius 2 is 1.96 bits per heavy atom. The zero-order valence-electron chi connectivity index (χ0n) is 13.3. The zero-order chi connectivity index (χ0) is 16.7. The van der Waals surface area contributed by atoms with Crippen molar-refractivity contribution >= 4 is 5.97 Å². The quantitative estimate of drug-likeness (QED) is 0.704. The Morgan fingerprint density at radius 1 is 1.22 bits per heavy atom. The number of aromatic nitrogens is 1. The topological polar surface area (TPSA) is 48.4 Å². The molecule has 1 aromatic carbocycles. The highest BCUT2D eigenvalue weighted by molar-refractivity contribution is 5.89. The number of esters is 1. The number of carbonyl (C=O) groups is 1. The van der Waals surface area contributed by atoms with Crippen LogP contribution in [0.4, 0.5) is 4.39 Å². The van der Waals surface area contributed by atoms with Crippen molar-refractivity contribution in [2.75, 3.05) is 6.61 Å². The van der Waals surface area contributed by atoms with Crippen molar-refractivity contribution < 1.29 is 18.7 Å². The summed E-state index contributed by atoms with van der Waals surface area (Å²) in [5, 5.41) is 0. The SMILES string of the molecule is CCCCc1ccc(Oc2ncc(C(=O)OCC)cc2F)cc1. The smallest absolute Gasteiger partial charge is 0.339 e. The third-order valence-corrected chi connectivity index (χ3v) is 3.28. The van der Waals surface area contributed by atoms with E-state index in [1.165, 1.54) is 11.8 Å². The summed E-state index contributed by atoms with van der Waals surface area (Å²) in [5.41, 5.74) is 1.27. The molecule has 0 bridgehead atoms. The molecule has 1 heterocycles. The number of pyridine rings is 1. The Balaban J connectivity index is 2.06. The van der Waals surface area contributed by atoms with Gasteiger partial charge in [-0.3, -0.25) is 0 Å². The average Bonchev–Trinajstić information content (AvgIpc) is 2.56. The van der Waals surface area contributed by atoms with Crippen LogP contribution in [0.1, 0.15) is 42.6 Å². The van der Waals surface area contributed by atoms with Gasteiger partial charge in [-0.05, 0) is 43.5 Å². The first kappa shape index (κ1) is 16.9. The van der Waals surface area contributed by atoms with Crippen molar-refractivity contribution in [3.05, 3.63) is 53.5 Å². The first-order valence-corrected chi connectivity index (χ1v) is 7.73. The maximum atomic E-state index is 14.0. The molecule has 2 rings (SSSR count). The van der Waals surface area contributed by atoms with Gasteiger partial charge < -0.3 is 9.47 Å². The fourth-order valence-electron chi connectivity index (χ4n) is 2.04. The third kappa shape index (κ3) is 4.77. The molecule has 23 heavy (non-hydrogen) atoms. The van der Waals surface area contributed by atoms with Gasteiger partial charge >= 0.3 is 5.97 Å². The van der Waals surface area contributed by atoms with Crippen molar-refractivity contribution in [3.63, 3.8) is 0 Å². The van der Waals surface area contributed by atoms with Crippen LogP contribution in [-0.4, -0.2) is 17.6 Å². The maximum absolute atomic E-state index is 14.0. The Morgan fingerprint density at radius 3 is 2.57 bits per heavy atom. The molecule has 122 valence electrons. The van der Waals surface area contributed by atoms with Crippen molar-refractivity contribution in [1.82, 2.24) is 4.98 Å². The van der Waals surface area contributed by atoms with Gasteiger partial charge in [-0.1, -0.05) is 25.5 Å². The standard InChI is InChI=1S/C18H20FNO3/c1-3-5-6-13-7-9-15(10-8-13)23-17-16(19)11-14(12-20-17)18(21)22-4-2/h7-12H,3-6H2,1-2H3. The highest BCUT2D eigenvalue weighted by Gasteiger charge is 2.13. The monoisotopic (exact) mass is 317 g/mol. The van der Waals surface area contributed by atoms with Gasteiger partial charge in [0.25, 0.3) is 5.88 Å². The van der Waals surface area contributed by atoms with Gasteiger partial charge in [0.2, 0.25) is 0 Å². The van der Waals surface area contributed by atoms with Crippen LogP contribution in [0.5, 0.6) is 11.6 Å². The predicted molar refractivity (Wildman–Crippen MR) is 85.3 cm³/mol. The van der Waals surface area contributed by atoms with Gasteiger partial charge in [-0.15, -0.1) is 0 Å². The lowest BCUT2D eigenvalue weighted by molar-refractivity contribution is 0.0525. The molecular formula is C18H20FNO3. The summed E-state index contributed by atoms with van der Waals surface area (Å²) in [4.78, 5) is 15.4. The molecule has 0 aliphatic carbocycles. The van der Waals surface area contributed by atoms with Crippen LogP contribution < -0.4 is 4.74 Å². The number of hydrogen-bond donors (Lipinski definition) is 0. The molecule has 0 radical (unpaired) electrons. The van der Waals surface area contributed by atoms with Crippen LogP contribution in [0, 0.1) is 5.82 Å². The van der Waals surface area contributed by atoms with Crippen molar-refractivity contribution in [2.24, 2.45) is 0 Å². The highest BCUT2D eigenvalue weighted by atomic mass is 19.1. The second kappa shape index (κ2) is 8.27. The van der Waals surface area contributed by atoms with E-state index in [2.05, 4.69) is 11.9 Å². The number of rotatable bonds is 7. The normalized spacial score (nSPS) is 10.4. The van der Waals surface area contributed by atoms with Gasteiger partial charge in [0.05, 0.1) is 12.2 Å². The molecule has 0 N–H and O–H groups in total. The lowest BCUT2D eigenvalue weighted by atomic mass is 10.1. The van der Waals surface area contributed by atoms with Gasteiger partial charge in [-0.2, -0.15) is 0 Å². The van der Waals surface area contributed by atoms with Crippen LogP contribution in [0.3, 0.4) is 0 Å². The van der Waals surface area contributed by atoms with E-state index in [0.29, 0.717) is 5.75 Å². The lowest BCUT2D eigenvalue weighted by Gasteiger charge is -2.08. The molecule has 0 fully saturated rings. The predicted octanol–water partition coefficient (Wildman–Crippen LogP) is 4.53. The summed E-state index contributed by atoms with van der Waals surface area (Å²) >= 11 is 0. The van der Waals surface area contributed by atoms with Crippen molar-refractivity contribution in [1.29, 1.82) is 0 Å². The molecule has 1 aromatic heterocycles. The summed E-state index contributed by atoms with van der Waals surface area (Å²) in [6.07, 6.45) is 4.52. The second-order valence-electron chi connectivity index (χ2n) is 5.08. The lowest BCUT2D eigenvalue weighted by Crippen LogP contribution is -2.06. The molecule has 5 heteroatoms. The van der Waals surface area contributed by atoms with Crippen LogP contribution in [0.2, 0.25) is 0 Å². The number of unbranched alkanes of at least 4 members (excludes halogenated alkanes) is 1. The van der Waals surface area contributed by atoms with E-state index in [0.717, 1.165) is 25.3 Å².